The topological polar surface area (TPSA) is 81.4 Å². The molecule has 0 aliphatic carbocycles. The Labute approximate surface area is 185 Å². The van der Waals surface area contributed by atoms with Gasteiger partial charge in [0.2, 0.25) is 5.65 Å². The maximum absolute atomic E-state index is 13.7. The van der Waals surface area contributed by atoms with Gasteiger partial charge in [0.15, 0.2) is 11.6 Å². The summed E-state index contributed by atoms with van der Waals surface area (Å²) in [7, 11) is 1.65. The molecule has 0 amide bonds. The summed E-state index contributed by atoms with van der Waals surface area (Å²) in [6, 6.07) is 10.1. The van der Waals surface area contributed by atoms with Crippen LogP contribution in [0.3, 0.4) is 0 Å². The number of hydrogen-bond donors (Lipinski definition) is 1. The van der Waals surface area contributed by atoms with Gasteiger partial charge in [0.25, 0.3) is 0 Å². The maximum Gasteiger partial charge on any atom is 0.204 e. The number of nitrogens with zero attached hydrogens (tertiary/aromatic N) is 4. The number of carbonyl (C=O) groups excluding carboxylic acids is 1. The number of hydrogen-bond acceptors (Lipinski definition) is 6. The zero-order valence-corrected chi connectivity index (χ0v) is 18.5. The minimum absolute atomic E-state index is 0.154. The molecule has 2 aromatic carbocycles. The number of methoxy groups -OCH3 is 1. The summed E-state index contributed by atoms with van der Waals surface area (Å²) in [4.78, 5) is 16.9. The number of aryl methyl sites for hydroxylation is 2. The Morgan fingerprint density at radius 2 is 1.94 bits per heavy atom. The number of nitrogens with one attached hydrogen (secondary N) is 1. The monoisotopic (exact) mass is 435 g/mol. The number of ketones is 1. The van der Waals surface area contributed by atoms with Gasteiger partial charge in [-0.15, -0.1) is 10.2 Å². The van der Waals surface area contributed by atoms with E-state index in [1.165, 1.54) is 12.1 Å². The number of aromatic nitrogens is 4. The number of anilines is 1. The number of carbonyl (C=O) groups is 1. The van der Waals surface area contributed by atoms with Crippen LogP contribution in [-0.4, -0.2) is 39.0 Å². The molecule has 0 spiro atoms. The number of fused-ring (bicyclic) bond motifs is 3. The van der Waals surface area contributed by atoms with Gasteiger partial charge in [0, 0.05) is 19.0 Å². The Bertz CT molecular complexity index is 1280. The third-order valence-corrected chi connectivity index (χ3v) is 5.55. The molecule has 0 bridgehead atoms. The first-order chi connectivity index (χ1) is 15.5. The zero-order chi connectivity index (χ0) is 22.7. The Hall–Kier alpha value is -3.55. The minimum Gasteiger partial charge on any atom is -0.496 e. The molecule has 0 saturated heterocycles. The van der Waals surface area contributed by atoms with Gasteiger partial charge in [-0.2, -0.15) is 0 Å². The third kappa shape index (κ3) is 4.26. The van der Waals surface area contributed by atoms with E-state index in [1.54, 1.807) is 19.2 Å². The van der Waals surface area contributed by atoms with E-state index in [-0.39, 0.29) is 11.3 Å². The summed E-state index contributed by atoms with van der Waals surface area (Å²) >= 11 is 0. The van der Waals surface area contributed by atoms with Crippen molar-refractivity contribution in [2.24, 2.45) is 0 Å². The third-order valence-electron chi connectivity index (χ3n) is 5.55. The van der Waals surface area contributed by atoms with Crippen LogP contribution in [0.1, 0.15) is 47.4 Å². The Kier molecular flexibility index (Phi) is 6.30. The molecule has 0 aliphatic rings. The average molecular weight is 436 g/mol. The van der Waals surface area contributed by atoms with Gasteiger partial charge in [-0.3, -0.25) is 9.20 Å². The summed E-state index contributed by atoms with van der Waals surface area (Å²) in [5, 5.41) is 11.9. The van der Waals surface area contributed by atoms with Crippen LogP contribution in [0.5, 0.6) is 5.75 Å². The van der Waals surface area contributed by atoms with Crippen LogP contribution in [0.25, 0.3) is 16.7 Å². The second kappa shape index (κ2) is 9.30. The molecule has 1 N–H and O–H groups in total. The Morgan fingerprint density at radius 3 is 2.72 bits per heavy atom. The van der Waals surface area contributed by atoms with Crippen LogP contribution in [-0.2, 0) is 0 Å². The molecule has 8 heteroatoms. The van der Waals surface area contributed by atoms with Gasteiger partial charge in [0.1, 0.15) is 17.4 Å². The molecular weight excluding hydrogens is 409 g/mol. The van der Waals surface area contributed by atoms with Crippen molar-refractivity contribution in [3.8, 4) is 5.75 Å². The first kappa shape index (κ1) is 21.7. The van der Waals surface area contributed by atoms with E-state index < -0.39 is 5.82 Å². The molecule has 0 fully saturated rings. The molecule has 4 rings (SSSR count). The molecular formula is C24H26FN5O2. The van der Waals surface area contributed by atoms with Crippen LogP contribution in [0, 0.1) is 19.7 Å². The Morgan fingerprint density at radius 1 is 1.12 bits per heavy atom. The van der Waals surface area contributed by atoms with E-state index in [0.29, 0.717) is 30.9 Å². The molecule has 32 heavy (non-hydrogen) atoms. The van der Waals surface area contributed by atoms with E-state index in [1.807, 2.05) is 30.4 Å². The first-order valence-electron chi connectivity index (χ1n) is 10.7. The quantitative estimate of drug-likeness (QED) is 0.298. The summed E-state index contributed by atoms with van der Waals surface area (Å²) in [5.74, 6) is 1.62. The van der Waals surface area contributed by atoms with Crippen LogP contribution in [0.2, 0.25) is 0 Å². The molecule has 0 radical (unpaired) electrons. The van der Waals surface area contributed by atoms with Crippen LogP contribution < -0.4 is 10.1 Å². The Balaban J connectivity index is 1.40. The van der Waals surface area contributed by atoms with Gasteiger partial charge in [0.05, 0.1) is 23.7 Å². The van der Waals surface area contributed by atoms with Crippen molar-refractivity contribution in [2.75, 3.05) is 19.0 Å². The fourth-order valence-electron chi connectivity index (χ4n) is 3.86. The van der Waals surface area contributed by atoms with E-state index in [9.17, 15) is 9.18 Å². The number of rotatable bonds is 9. The lowest BCUT2D eigenvalue weighted by Crippen LogP contribution is -2.08. The second-order valence-electron chi connectivity index (χ2n) is 7.82. The predicted octanol–water partition coefficient (Wildman–Crippen LogP) is 4.90. The predicted molar refractivity (Wildman–Crippen MR) is 122 cm³/mol. The van der Waals surface area contributed by atoms with Crippen LogP contribution in [0.4, 0.5) is 10.2 Å². The van der Waals surface area contributed by atoms with E-state index in [2.05, 4.69) is 15.5 Å². The highest BCUT2D eigenvalue weighted by atomic mass is 19.1. The van der Waals surface area contributed by atoms with Gasteiger partial charge in [-0.1, -0.05) is 18.6 Å². The molecule has 0 saturated carbocycles. The van der Waals surface area contributed by atoms with Crippen molar-refractivity contribution in [3.05, 3.63) is 59.2 Å². The first-order valence-corrected chi connectivity index (χ1v) is 10.7. The average Bonchev–Trinajstić information content (AvgIpc) is 3.17. The van der Waals surface area contributed by atoms with E-state index in [0.717, 1.165) is 41.0 Å². The number of benzene rings is 2. The molecule has 2 aromatic heterocycles. The SMILES string of the molecule is COc1cc2c(cc1C)nc(NCCCCCC(=O)c1ccccc1F)c1nnc(C)n12. The molecule has 166 valence electrons. The molecule has 2 heterocycles. The molecule has 0 unspecified atom stereocenters. The molecule has 7 nitrogen and oxygen atoms in total. The lowest BCUT2D eigenvalue weighted by atomic mass is 10.0. The molecule has 4 aromatic rings. The summed E-state index contributed by atoms with van der Waals surface area (Å²) in [5.41, 5.74) is 3.56. The summed E-state index contributed by atoms with van der Waals surface area (Å²) in [6.45, 7) is 4.57. The normalized spacial score (nSPS) is 11.2. The van der Waals surface area contributed by atoms with Crippen molar-refractivity contribution in [1.82, 2.24) is 19.6 Å². The van der Waals surface area contributed by atoms with Gasteiger partial charge in [-0.05, 0) is 50.5 Å². The van der Waals surface area contributed by atoms with Gasteiger partial charge < -0.3 is 10.1 Å². The highest BCUT2D eigenvalue weighted by Gasteiger charge is 2.15. The number of unbranched alkanes of at least 4 members (excludes halogenated alkanes) is 2. The molecule has 0 atom stereocenters. The van der Waals surface area contributed by atoms with Gasteiger partial charge >= 0.3 is 0 Å². The lowest BCUT2D eigenvalue weighted by molar-refractivity contribution is 0.0975. The van der Waals surface area contributed by atoms with Crippen LogP contribution >= 0.6 is 0 Å². The highest BCUT2D eigenvalue weighted by Crippen LogP contribution is 2.28. The van der Waals surface area contributed by atoms with E-state index >= 15 is 0 Å². The van der Waals surface area contributed by atoms with Gasteiger partial charge in [-0.25, -0.2) is 9.37 Å². The highest BCUT2D eigenvalue weighted by molar-refractivity contribution is 5.96. The number of ether oxygens (including phenoxy) is 1. The fraction of sp³-hybridized carbons (Fsp3) is 0.333. The van der Waals surface area contributed by atoms with Crippen molar-refractivity contribution in [2.45, 2.75) is 39.5 Å². The summed E-state index contributed by atoms with van der Waals surface area (Å²) in [6.07, 6.45) is 2.74. The molecule has 0 aliphatic heterocycles. The maximum atomic E-state index is 13.7. The minimum atomic E-state index is -0.456. The smallest absolute Gasteiger partial charge is 0.204 e. The number of halogens is 1. The largest absolute Gasteiger partial charge is 0.496 e. The van der Waals surface area contributed by atoms with Crippen molar-refractivity contribution >= 4 is 28.3 Å². The standard InChI is InChI=1S/C24H26FN5O2/c1-15-13-19-20(14-22(15)32-3)30-16(2)28-29-24(30)23(27-19)26-12-8-4-5-11-21(31)17-9-6-7-10-18(17)25/h6-7,9-10,13-14H,4-5,8,11-12H2,1-3H3,(H,26,27). The van der Waals surface area contributed by atoms with E-state index in [4.69, 9.17) is 9.72 Å². The lowest BCUT2D eigenvalue weighted by Gasteiger charge is -2.12. The van der Waals surface area contributed by atoms with Crippen molar-refractivity contribution < 1.29 is 13.9 Å². The fourth-order valence-corrected chi connectivity index (χ4v) is 3.86. The van der Waals surface area contributed by atoms with Crippen molar-refractivity contribution in [1.29, 1.82) is 0 Å². The number of Topliss-reactive ketones (excluding diaryl/α,β-unsaturated/α-hetero) is 1. The van der Waals surface area contributed by atoms with Crippen LogP contribution in [0.15, 0.2) is 36.4 Å². The summed E-state index contributed by atoms with van der Waals surface area (Å²) < 4.78 is 21.1. The zero-order valence-electron chi connectivity index (χ0n) is 18.5. The van der Waals surface area contributed by atoms with Crippen molar-refractivity contribution in [3.63, 3.8) is 0 Å². The second-order valence-corrected chi connectivity index (χ2v) is 7.82.